The number of rotatable bonds is 7. The second-order valence-corrected chi connectivity index (χ2v) is 7.48. The zero-order valence-electron chi connectivity index (χ0n) is 16.7. The molecule has 9 nitrogen and oxygen atoms in total. The zero-order chi connectivity index (χ0) is 22.1. The number of aromatic nitrogens is 1. The van der Waals surface area contributed by atoms with Gasteiger partial charge in [-0.2, -0.15) is 0 Å². The quantitative estimate of drug-likeness (QED) is 0.576. The lowest BCUT2D eigenvalue weighted by atomic mass is 9.82. The van der Waals surface area contributed by atoms with E-state index in [1.807, 2.05) is 0 Å². The summed E-state index contributed by atoms with van der Waals surface area (Å²) in [4.78, 5) is 41.3. The minimum absolute atomic E-state index is 0.0450. The molecule has 1 saturated heterocycles. The molecular formula is C22H21N3O6. The molecule has 0 aliphatic carbocycles. The average molecular weight is 423 g/mol. The van der Waals surface area contributed by atoms with Gasteiger partial charge in [-0.25, -0.2) is 4.79 Å². The predicted octanol–water partition coefficient (Wildman–Crippen LogP) is 1.51. The van der Waals surface area contributed by atoms with E-state index in [2.05, 4.69) is 10.3 Å². The number of aliphatic carboxylic acids is 1. The van der Waals surface area contributed by atoms with Gasteiger partial charge in [0.05, 0.1) is 29.9 Å². The molecular weight excluding hydrogens is 402 g/mol. The Morgan fingerprint density at radius 1 is 1.29 bits per heavy atom. The Hall–Kier alpha value is -3.72. The number of β-lactam (4-membered cyclic amide) rings is 1. The molecule has 0 unspecified atom stereocenters. The molecule has 2 aromatic rings. The largest absolute Gasteiger partial charge is 0.484 e. The van der Waals surface area contributed by atoms with E-state index in [9.17, 15) is 24.6 Å². The number of nitrogens with one attached hydrogen (secondary N) is 1. The van der Waals surface area contributed by atoms with Crippen LogP contribution < -0.4 is 10.1 Å². The van der Waals surface area contributed by atoms with E-state index in [4.69, 9.17) is 4.74 Å². The molecule has 9 heteroatoms. The Morgan fingerprint density at radius 3 is 2.65 bits per heavy atom. The fourth-order valence-corrected chi connectivity index (χ4v) is 4.06. The number of carbonyl (C=O) groups is 3. The van der Waals surface area contributed by atoms with Gasteiger partial charge in [-0.15, -0.1) is 0 Å². The third-order valence-electron chi connectivity index (χ3n) is 5.45. The van der Waals surface area contributed by atoms with Crippen LogP contribution in [-0.2, 0) is 14.4 Å². The number of aliphatic hydroxyl groups is 1. The fraction of sp³-hybridized carbons (Fsp3) is 0.273. The van der Waals surface area contributed by atoms with Crippen LogP contribution in [0.3, 0.4) is 0 Å². The van der Waals surface area contributed by atoms with Crippen LogP contribution in [0.25, 0.3) is 5.57 Å². The number of hydrogen-bond donors (Lipinski definition) is 3. The van der Waals surface area contributed by atoms with Gasteiger partial charge in [0, 0.05) is 6.20 Å². The number of carbonyl (C=O) groups excluding carboxylic acids is 2. The van der Waals surface area contributed by atoms with Crippen molar-refractivity contribution >= 4 is 29.0 Å². The Balaban J connectivity index is 1.44. The second kappa shape index (κ2) is 8.19. The zero-order valence-corrected chi connectivity index (χ0v) is 16.7. The number of benzene rings is 1. The summed E-state index contributed by atoms with van der Waals surface area (Å²) < 4.78 is 5.49. The summed E-state index contributed by atoms with van der Waals surface area (Å²) in [5.74, 6) is -2.03. The van der Waals surface area contributed by atoms with Crippen molar-refractivity contribution in [3.63, 3.8) is 0 Å². The Bertz CT molecular complexity index is 1050. The summed E-state index contributed by atoms with van der Waals surface area (Å²) in [7, 11) is 0. The minimum atomic E-state index is -1.18. The maximum atomic E-state index is 12.3. The molecule has 160 valence electrons. The van der Waals surface area contributed by atoms with Crippen molar-refractivity contribution < 1.29 is 29.3 Å². The molecule has 3 atom stereocenters. The van der Waals surface area contributed by atoms with Gasteiger partial charge in [-0.05, 0) is 48.7 Å². The third-order valence-corrected chi connectivity index (χ3v) is 5.45. The Kier molecular flexibility index (Phi) is 5.43. The standard InChI is InChI=1S/C22H21N3O6/c1-12(26)19-17-9-16(20(22(29)30)25(17)21(19)28)13-4-6-15(7-5-13)31-11-18(27)24-14-3-2-8-23-10-14/h2-8,10,12,17,19,26H,9,11H2,1H3,(H,24,27)(H,29,30)/t12-,17-,19-/m1/s1. The van der Waals surface area contributed by atoms with Gasteiger partial charge in [-0.3, -0.25) is 14.6 Å². The molecule has 3 N–H and O–H groups in total. The third kappa shape index (κ3) is 3.87. The number of ether oxygens (including phenoxy) is 1. The number of hydrogen-bond acceptors (Lipinski definition) is 6. The summed E-state index contributed by atoms with van der Waals surface area (Å²) in [5.41, 5.74) is 1.71. The normalized spacial score (nSPS) is 20.7. The van der Waals surface area contributed by atoms with E-state index >= 15 is 0 Å². The molecule has 1 fully saturated rings. The van der Waals surface area contributed by atoms with Crippen molar-refractivity contribution in [2.45, 2.75) is 25.5 Å². The molecule has 4 rings (SSSR count). The predicted molar refractivity (Wildman–Crippen MR) is 110 cm³/mol. The van der Waals surface area contributed by atoms with Crippen LogP contribution in [-0.4, -0.2) is 56.6 Å². The van der Waals surface area contributed by atoms with Crippen molar-refractivity contribution in [3.05, 3.63) is 60.1 Å². The lowest BCUT2D eigenvalue weighted by Crippen LogP contribution is -2.61. The van der Waals surface area contributed by atoms with Gasteiger partial charge in [0.2, 0.25) is 5.91 Å². The maximum Gasteiger partial charge on any atom is 0.352 e. The summed E-state index contributed by atoms with van der Waals surface area (Å²) >= 11 is 0. The van der Waals surface area contributed by atoms with E-state index in [1.54, 1.807) is 42.6 Å². The van der Waals surface area contributed by atoms with E-state index < -0.39 is 18.0 Å². The lowest BCUT2D eigenvalue weighted by Gasteiger charge is -2.44. The molecule has 0 radical (unpaired) electrons. The first-order valence-electron chi connectivity index (χ1n) is 9.77. The number of nitrogens with zero attached hydrogens (tertiary/aromatic N) is 2. The summed E-state index contributed by atoms with van der Waals surface area (Å²) in [5, 5.41) is 22.1. The number of pyridine rings is 1. The van der Waals surface area contributed by atoms with E-state index in [-0.39, 0.29) is 30.2 Å². The first kappa shape index (κ1) is 20.5. The second-order valence-electron chi connectivity index (χ2n) is 7.48. The number of anilines is 1. The van der Waals surface area contributed by atoms with Crippen LogP contribution >= 0.6 is 0 Å². The number of fused-ring (bicyclic) bond motifs is 1. The molecule has 31 heavy (non-hydrogen) atoms. The SMILES string of the molecule is C[C@@H](O)[C@H]1C(=O)N2C(C(=O)O)=C(c3ccc(OCC(=O)Nc4cccnc4)cc3)C[C@H]12. The highest BCUT2D eigenvalue weighted by Crippen LogP contribution is 2.47. The Labute approximate surface area is 178 Å². The molecule has 2 aliphatic heterocycles. The molecule has 2 amide bonds. The number of aliphatic hydroxyl groups excluding tert-OH is 1. The average Bonchev–Trinajstić information content (AvgIpc) is 3.08. The number of amides is 2. The van der Waals surface area contributed by atoms with Gasteiger partial charge < -0.3 is 25.2 Å². The number of carboxylic acid groups (broad SMARTS) is 1. The Morgan fingerprint density at radius 2 is 2.03 bits per heavy atom. The van der Waals surface area contributed by atoms with Gasteiger partial charge in [0.15, 0.2) is 6.61 Å². The van der Waals surface area contributed by atoms with Crippen molar-refractivity contribution in [3.8, 4) is 5.75 Å². The summed E-state index contributed by atoms with van der Waals surface area (Å²) in [6.45, 7) is 1.34. The maximum absolute atomic E-state index is 12.3. The molecule has 0 saturated carbocycles. The summed E-state index contributed by atoms with van der Waals surface area (Å²) in [6, 6.07) is 9.75. The smallest absolute Gasteiger partial charge is 0.352 e. The summed E-state index contributed by atoms with van der Waals surface area (Å²) in [6.07, 6.45) is 2.65. The highest BCUT2D eigenvalue weighted by molar-refractivity contribution is 6.06. The van der Waals surface area contributed by atoms with Crippen LogP contribution in [0, 0.1) is 5.92 Å². The van der Waals surface area contributed by atoms with Gasteiger partial charge in [0.1, 0.15) is 11.4 Å². The molecule has 0 bridgehead atoms. The van der Waals surface area contributed by atoms with E-state index in [0.717, 1.165) is 0 Å². The van der Waals surface area contributed by atoms with Gasteiger partial charge >= 0.3 is 5.97 Å². The van der Waals surface area contributed by atoms with Crippen LogP contribution in [0.2, 0.25) is 0 Å². The van der Waals surface area contributed by atoms with Crippen molar-refractivity contribution in [1.82, 2.24) is 9.88 Å². The van der Waals surface area contributed by atoms with Gasteiger partial charge in [0.25, 0.3) is 5.91 Å². The molecule has 1 aromatic carbocycles. The number of carboxylic acids is 1. The van der Waals surface area contributed by atoms with Crippen LogP contribution in [0.4, 0.5) is 5.69 Å². The van der Waals surface area contributed by atoms with E-state index in [1.165, 1.54) is 18.0 Å². The molecule has 0 spiro atoms. The topological polar surface area (TPSA) is 129 Å². The molecule has 2 aliphatic rings. The van der Waals surface area contributed by atoms with Crippen molar-refractivity contribution in [2.24, 2.45) is 5.92 Å². The van der Waals surface area contributed by atoms with Crippen LogP contribution in [0.1, 0.15) is 18.9 Å². The van der Waals surface area contributed by atoms with Crippen LogP contribution in [0.15, 0.2) is 54.5 Å². The highest BCUT2D eigenvalue weighted by atomic mass is 16.5. The van der Waals surface area contributed by atoms with E-state index in [0.29, 0.717) is 29.0 Å². The monoisotopic (exact) mass is 423 g/mol. The molecule has 3 heterocycles. The first-order valence-corrected chi connectivity index (χ1v) is 9.77. The fourth-order valence-electron chi connectivity index (χ4n) is 4.06. The highest BCUT2D eigenvalue weighted by Gasteiger charge is 2.56. The van der Waals surface area contributed by atoms with Crippen LogP contribution in [0.5, 0.6) is 5.75 Å². The molecule has 1 aromatic heterocycles. The van der Waals surface area contributed by atoms with Gasteiger partial charge in [-0.1, -0.05) is 12.1 Å². The first-order chi connectivity index (χ1) is 14.9. The van der Waals surface area contributed by atoms with Crippen molar-refractivity contribution in [2.75, 3.05) is 11.9 Å². The van der Waals surface area contributed by atoms with Crippen molar-refractivity contribution in [1.29, 1.82) is 0 Å². The lowest BCUT2D eigenvalue weighted by molar-refractivity contribution is -0.161. The minimum Gasteiger partial charge on any atom is -0.484 e.